The van der Waals surface area contributed by atoms with E-state index in [2.05, 4.69) is 15.6 Å². The van der Waals surface area contributed by atoms with Gasteiger partial charge in [0.15, 0.2) is 0 Å². The lowest BCUT2D eigenvalue weighted by atomic mass is 10.1. The lowest BCUT2D eigenvalue weighted by Gasteiger charge is -2.09. The standard InChI is InChI=1S/C20H20N4O4/c1-13-3-5-14(6-4-13)20-23-15(12-28-20)9-10-22-19(25)17-11-16(24(26)27)7-8-18(17)21-2/h3-8,11-12,21H,9-10H2,1-2H3,(H,22,25). The number of oxazole rings is 1. The second-order valence-corrected chi connectivity index (χ2v) is 6.25. The molecule has 0 unspecified atom stereocenters. The van der Waals surface area contributed by atoms with Gasteiger partial charge < -0.3 is 15.1 Å². The Hall–Kier alpha value is -3.68. The number of nitro benzene ring substituents is 1. The lowest BCUT2D eigenvalue weighted by molar-refractivity contribution is -0.384. The van der Waals surface area contributed by atoms with Gasteiger partial charge in [0.25, 0.3) is 11.6 Å². The Kier molecular flexibility index (Phi) is 5.69. The van der Waals surface area contributed by atoms with E-state index >= 15 is 0 Å². The fourth-order valence-corrected chi connectivity index (χ4v) is 2.70. The number of carbonyl (C=O) groups is 1. The van der Waals surface area contributed by atoms with Crippen LogP contribution in [0.1, 0.15) is 21.6 Å². The maximum atomic E-state index is 12.4. The molecule has 0 aliphatic carbocycles. The number of carbonyl (C=O) groups excluding carboxylic acids is 1. The minimum Gasteiger partial charge on any atom is -0.444 e. The van der Waals surface area contributed by atoms with Crippen LogP contribution in [0.2, 0.25) is 0 Å². The van der Waals surface area contributed by atoms with Crippen LogP contribution in [0.5, 0.6) is 0 Å². The van der Waals surface area contributed by atoms with Gasteiger partial charge in [-0.15, -0.1) is 0 Å². The van der Waals surface area contributed by atoms with Crippen LogP contribution in [-0.2, 0) is 6.42 Å². The molecule has 3 aromatic rings. The zero-order chi connectivity index (χ0) is 20.1. The summed E-state index contributed by atoms with van der Waals surface area (Å²) in [5.74, 6) is 0.132. The van der Waals surface area contributed by atoms with E-state index in [-0.39, 0.29) is 11.3 Å². The topological polar surface area (TPSA) is 110 Å². The Morgan fingerprint density at radius 2 is 1.96 bits per heavy atom. The number of amides is 1. The number of anilines is 1. The molecule has 1 aromatic heterocycles. The number of nitrogens with zero attached hydrogens (tertiary/aromatic N) is 2. The van der Waals surface area contributed by atoms with E-state index in [0.29, 0.717) is 30.2 Å². The summed E-state index contributed by atoms with van der Waals surface area (Å²) in [6.45, 7) is 2.33. The van der Waals surface area contributed by atoms with Crippen LogP contribution < -0.4 is 10.6 Å². The molecular weight excluding hydrogens is 360 g/mol. The van der Waals surface area contributed by atoms with Gasteiger partial charge in [0.1, 0.15) is 6.26 Å². The molecule has 144 valence electrons. The van der Waals surface area contributed by atoms with Gasteiger partial charge in [-0.3, -0.25) is 14.9 Å². The number of nitrogens with one attached hydrogen (secondary N) is 2. The molecular formula is C20H20N4O4. The molecule has 0 atom stereocenters. The van der Waals surface area contributed by atoms with E-state index in [1.165, 1.54) is 18.2 Å². The van der Waals surface area contributed by atoms with Gasteiger partial charge in [-0.25, -0.2) is 4.98 Å². The summed E-state index contributed by atoms with van der Waals surface area (Å²) in [6.07, 6.45) is 2.04. The predicted octanol–water partition coefficient (Wildman–Crippen LogP) is 3.57. The van der Waals surface area contributed by atoms with E-state index < -0.39 is 10.8 Å². The molecule has 0 aliphatic rings. The van der Waals surface area contributed by atoms with Crippen molar-refractivity contribution >= 4 is 17.3 Å². The van der Waals surface area contributed by atoms with Gasteiger partial charge in [0, 0.05) is 43.4 Å². The molecule has 8 nitrogen and oxygen atoms in total. The number of nitro groups is 1. The summed E-state index contributed by atoms with van der Waals surface area (Å²) in [6, 6.07) is 12.0. The van der Waals surface area contributed by atoms with Crippen LogP contribution in [0.4, 0.5) is 11.4 Å². The number of non-ortho nitro benzene ring substituents is 1. The van der Waals surface area contributed by atoms with Crippen LogP contribution in [0.15, 0.2) is 53.1 Å². The smallest absolute Gasteiger partial charge is 0.270 e. The second-order valence-electron chi connectivity index (χ2n) is 6.25. The first kappa shape index (κ1) is 19.1. The number of hydrogen-bond acceptors (Lipinski definition) is 6. The fourth-order valence-electron chi connectivity index (χ4n) is 2.70. The van der Waals surface area contributed by atoms with Crippen molar-refractivity contribution in [3.63, 3.8) is 0 Å². The quantitative estimate of drug-likeness (QED) is 0.479. The average Bonchev–Trinajstić information content (AvgIpc) is 3.16. The molecule has 8 heteroatoms. The van der Waals surface area contributed by atoms with Crippen LogP contribution in [0.25, 0.3) is 11.5 Å². The van der Waals surface area contributed by atoms with E-state index in [4.69, 9.17) is 4.42 Å². The van der Waals surface area contributed by atoms with Crippen LogP contribution >= 0.6 is 0 Å². The van der Waals surface area contributed by atoms with Crippen LogP contribution in [-0.4, -0.2) is 29.4 Å². The summed E-state index contributed by atoms with van der Waals surface area (Å²) in [4.78, 5) is 27.3. The van der Waals surface area contributed by atoms with Gasteiger partial charge in [0.05, 0.1) is 16.2 Å². The predicted molar refractivity (Wildman–Crippen MR) is 105 cm³/mol. The number of aromatic nitrogens is 1. The number of rotatable bonds is 7. The Labute approximate surface area is 161 Å². The molecule has 2 N–H and O–H groups in total. The SMILES string of the molecule is CNc1ccc([N+](=O)[O-])cc1C(=O)NCCc1coc(-c2ccc(C)cc2)n1. The van der Waals surface area contributed by atoms with Crippen molar-refractivity contribution in [1.82, 2.24) is 10.3 Å². The monoisotopic (exact) mass is 380 g/mol. The fraction of sp³-hybridized carbons (Fsp3) is 0.200. The van der Waals surface area contributed by atoms with Crippen molar-refractivity contribution in [1.29, 1.82) is 0 Å². The minimum absolute atomic E-state index is 0.136. The zero-order valence-electron chi connectivity index (χ0n) is 15.6. The molecule has 0 radical (unpaired) electrons. The van der Waals surface area contributed by atoms with Crippen LogP contribution in [0, 0.1) is 17.0 Å². The highest BCUT2D eigenvalue weighted by Crippen LogP contribution is 2.22. The van der Waals surface area contributed by atoms with E-state index in [0.717, 1.165) is 11.1 Å². The molecule has 3 rings (SSSR count). The van der Waals surface area contributed by atoms with Crippen molar-refractivity contribution in [2.75, 3.05) is 18.9 Å². The molecule has 0 saturated heterocycles. The molecule has 1 amide bonds. The summed E-state index contributed by atoms with van der Waals surface area (Å²) in [7, 11) is 1.65. The summed E-state index contributed by atoms with van der Waals surface area (Å²) in [5.41, 5.74) is 3.35. The highest BCUT2D eigenvalue weighted by molar-refractivity contribution is 6.00. The molecule has 1 heterocycles. The molecule has 0 aliphatic heterocycles. The molecule has 0 fully saturated rings. The average molecular weight is 380 g/mol. The summed E-state index contributed by atoms with van der Waals surface area (Å²) < 4.78 is 5.50. The summed E-state index contributed by atoms with van der Waals surface area (Å²) >= 11 is 0. The highest BCUT2D eigenvalue weighted by Gasteiger charge is 2.16. The first-order valence-electron chi connectivity index (χ1n) is 8.74. The van der Waals surface area contributed by atoms with Gasteiger partial charge in [-0.05, 0) is 25.1 Å². The molecule has 28 heavy (non-hydrogen) atoms. The number of aryl methyl sites for hydroxylation is 1. The van der Waals surface area contributed by atoms with Crippen molar-refractivity contribution in [2.45, 2.75) is 13.3 Å². The third-order valence-corrected chi connectivity index (χ3v) is 4.24. The zero-order valence-corrected chi connectivity index (χ0v) is 15.6. The van der Waals surface area contributed by atoms with Crippen molar-refractivity contribution in [3.8, 4) is 11.5 Å². The first-order valence-corrected chi connectivity index (χ1v) is 8.74. The number of benzene rings is 2. The van der Waals surface area contributed by atoms with E-state index in [1.54, 1.807) is 13.3 Å². The van der Waals surface area contributed by atoms with Crippen molar-refractivity contribution in [3.05, 3.63) is 75.7 Å². The maximum absolute atomic E-state index is 12.4. The van der Waals surface area contributed by atoms with Crippen LogP contribution in [0.3, 0.4) is 0 Å². The second kappa shape index (κ2) is 8.34. The number of hydrogen-bond donors (Lipinski definition) is 2. The van der Waals surface area contributed by atoms with E-state index in [9.17, 15) is 14.9 Å². The van der Waals surface area contributed by atoms with Crippen molar-refractivity contribution < 1.29 is 14.1 Å². The minimum atomic E-state index is -0.530. The first-order chi connectivity index (χ1) is 13.5. The van der Waals surface area contributed by atoms with Gasteiger partial charge in [-0.2, -0.15) is 0 Å². The third kappa shape index (κ3) is 4.35. The Morgan fingerprint density at radius 3 is 2.64 bits per heavy atom. The Morgan fingerprint density at radius 1 is 1.21 bits per heavy atom. The normalized spacial score (nSPS) is 10.5. The molecule has 0 spiro atoms. The maximum Gasteiger partial charge on any atom is 0.270 e. The molecule has 2 aromatic carbocycles. The largest absolute Gasteiger partial charge is 0.444 e. The summed E-state index contributed by atoms with van der Waals surface area (Å²) in [5, 5.41) is 16.6. The Bertz CT molecular complexity index is 996. The highest BCUT2D eigenvalue weighted by atomic mass is 16.6. The lowest BCUT2D eigenvalue weighted by Crippen LogP contribution is -2.26. The van der Waals surface area contributed by atoms with Gasteiger partial charge in [0.2, 0.25) is 5.89 Å². The van der Waals surface area contributed by atoms with Gasteiger partial charge >= 0.3 is 0 Å². The van der Waals surface area contributed by atoms with Crippen molar-refractivity contribution in [2.24, 2.45) is 0 Å². The molecule has 0 saturated carbocycles. The third-order valence-electron chi connectivity index (χ3n) is 4.24. The Balaban J connectivity index is 1.62. The van der Waals surface area contributed by atoms with Gasteiger partial charge in [-0.1, -0.05) is 17.7 Å². The molecule has 0 bridgehead atoms. The van der Waals surface area contributed by atoms with E-state index in [1.807, 2.05) is 31.2 Å².